The molecule has 8 aromatic carbocycles. The number of hydrogen-bond donors (Lipinski definition) is 0. The van der Waals surface area contributed by atoms with Crippen molar-refractivity contribution in [3.63, 3.8) is 0 Å². The minimum absolute atomic E-state index is 0.0138. The van der Waals surface area contributed by atoms with E-state index in [1.165, 1.54) is 12.1 Å². The molecular weight excluding hydrogens is 683 g/mol. The Kier molecular flexibility index (Phi) is 6.10. The largest absolute Gasteiger partial charge is 0.309 e. The fraction of sp³-hybridized carbons (Fsp3) is 0. The summed E-state index contributed by atoms with van der Waals surface area (Å²) in [6, 6.07) is 51.7. The maximum Gasteiger partial charge on any atom is 0.238 e. The number of aromatic nitrogens is 5. The lowest BCUT2D eigenvalue weighted by atomic mass is 9.98. The molecule has 0 unspecified atom stereocenters. The van der Waals surface area contributed by atoms with Crippen LogP contribution in [-0.2, 0) is 0 Å². The van der Waals surface area contributed by atoms with E-state index >= 15 is 0 Å². The van der Waals surface area contributed by atoms with Crippen molar-refractivity contribution in [2.24, 2.45) is 0 Å². The molecule has 0 amide bonds. The van der Waals surface area contributed by atoms with Gasteiger partial charge in [0.2, 0.25) is 5.95 Å². The Bertz CT molecular complexity index is 3220. The molecule has 0 aliphatic rings. The molecule has 3 aromatic heterocycles. The second-order valence-electron chi connectivity index (χ2n) is 13.6. The molecule has 11 rings (SSSR count). The van der Waals surface area contributed by atoms with Crippen molar-refractivity contribution in [2.45, 2.75) is 0 Å². The van der Waals surface area contributed by atoms with Crippen LogP contribution in [0.3, 0.4) is 0 Å². The van der Waals surface area contributed by atoms with E-state index in [2.05, 4.69) is 6.07 Å². The van der Waals surface area contributed by atoms with Crippen molar-refractivity contribution < 1.29 is 8.22 Å². The van der Waals surface area contributed by atoms with Gasteiger partial charge in [0.25, 0.3) is 0 Å². The smallest absolute Gasteiger partial charge is 0.238 e. The summed E-state index contributed by atoms with van der Waals surface area (Å²) < 4.78 is 60.0. The minimum Gasteiger partial charge on any atom is -0.309 e. The molecule has 0 spiro atoms. The van der Waals surface area contributed by atoms with Gasteiger partial charge in [0.1, 0.15) is 0 Å². The molecule has 0 fully saturated rings. The molecule has 11 aromatic rings. The van der Waals surface area contributed by atoms with Crippen molar-refractivity contribution in [3.05, 3.63) is 200 Å². The van der Waals surface area contributed by atoms with Crippen LogP contribution < -0.4 is 0 Å². The number of nitrogens with zero attached hydrogens (tertiary/aromatic N) is 5. The second-order valence-corrected chi connectivity index (χ2v) is 13.6. The molecule has 262 valence electrons. The maximum absolute atomic E-state index is 9.97. The zero-order valence-electron chi connectivity index (χ0n) is 35.8. The lowest BCUT2D eigenvalue weighted by Crippen LogP contribution is -2.06. The van der Waals surface area contributed by atoms with Crippen molar-refractivity contribution in [2.75, 3.05) is 0 Å². The standard InChI is InChI=1S/C51H33N5/c1-5-17-34(18-6-1)38-31-39(35-19-7-2-8-20-35)33-40(32-38)55-43-27-15-13-25-41(43)47-45(55)29-30-46-48(47)42-26-14-16-28-44(42)56(46)51-53-49(36-21-9-3-10-22-36)52-50(54-51)37-23-11-4-12-24-37/h1-33H/i13D,14D,27D,28D,29D,30D. The van der Waals surface area contributed by atoms with Crippen LogP contribution in [0.2, 0.25) is 0 Å². The average molecular weight is 722 g/mol. The Balaban J connectivity index is 1.31. The van der Waals surface area contributed by atoms with Crippen molar-refractivity contribution >= 4 is 43.6 Å². The van der Waals surface area contributed by atoms with Crippen LogP contribution in [0.25, 0.3) is 100 Å². The summed E-state index contributed by atoms with van der Waals surface area (Å²) in [5.41, 5.74) is 7.42. The number of fused-ring (bicyclic) bond motifs is 7. The molecule has 5 heteroatoms. The Hall–Kier alpha value is -7.63. The van der Waals surface area contributed by atoms with E-state index in [1.54, 1.807) is 16.7 Å². The Labute approximate surface area is 331 Å². The average Bonchev–Trinajstić information content (AvgIpc) is 3.83. The molecule has 56 heavy (non-hydrogen) atoms. The summed E-state index contributed by atoms with van der Waals surface area (Å²) in [5, 5.41) is 2.05. The molecule has 0 radical (unpaired) electrons. The van der Waals surface area contributed by atoms with Crippen molar-refractivity contribution in [1.82, 2.24) is 24.1 Å². The SMILES string of the molecule is [2H]c1cc([2H])c2c(c1)c1c3c4cc([2H])cc([2H])c4n(-c4nc(-c5ccccc5)nc(-c5ccccc5)n4)c3c([2H])c([2H])c1n2-c1cc(-c2ccccc2)cc(-c2ccccc2)c1. The van der Waals surface area contributed by atoms with Crippen LogP contribution in [0.1, 0.15) is 8.22 Å². The fourth-order valence-electron chi connectivity index (χ4n) is 7.77. The quantitative estimate of drug-likeness (QED) is 0.172. The van der Waals surface area contributed by atoms with Gasteiger partial charge >= 0.3 is 0 Å². The Morgan fingerprint density at radius 1 is 0.357 bits per heavy atom. The van der Waals surface area contributed by atoms with Crippen LogP contribution in [0, 0.1) is 0 Å². The Morgan fingerprint density at radius 2 is 0.786 bits per heavy atom. The first kappa shape index (κ1) is 26.2. The van der Waals surface area contributed by atoms with Gasteiger partial charge in [-0.3, -0.25) is 4.57 Å². The summed E-state index contributed by atoms with van der Waals surface area (Å²) in [6.07, 6.45) is 0. The first-order valence-corrected chi connectivity index (χ1v) is 18.4. The monoisotopic (exact) mass is 721 g/mol. The van der Waals surface area contributed by atoms with E-state index in [4.69, 9.17) is 17.7 Å². The lowest BCUT2D eigenvalue weighted by Gasteiger charge is -2.14. The van der Waals surface area contributed by atoms with E-state index in [0.717, 1.165) is 33.4 Å². The number of hydrogen-bond acceptors (Lipinski definition) is 3. The predicted octanol–water partition coefficient (Wildman–Crippen LogP) is 12.7. The topological polar surface area (TPSA) is 48.5 Å². The summed E-state index contributed by atoms with van der Waals surface area (Å²) in [7, 11) is 0. The molecule has 0 saturated heterocycles. The number of benzene rings is 8. The van der Waals surface area contributed by atoms with Crippen LogP contribution >= 0.6 is 0 Å². The highest BCUT2D eigenvalue weighted by Crippen LogP contribution is 2.43. The molecule has 0 atom stereocenters. The summed E-state index contributed by atoms with van der Waals surface area (Å²) in [6.45, 7) is 0. The van der Waals surface area contributed by atoms with E-state index in [9.17, 15) is 5.48 Å². The third kappa shape index (κ3) is 5.21. The van der Waals surface area contributed by atoms with Crippen molar-refractivity contribution in [1.29, 1.82) is 0 Å². The van der Waals surface area contributed by atoms with Gasteiger partial charge in [-0.15, -0.1) is 0 Å². The predicted molar refractivity (Wildman–Crippen MR) is 230 cm³/mol. The van der Waals surface area contributed by atoms with Gasteiger partial charge in [-0.1, -0.05) is 158 Å². The second kappa shape index (κ2) is 13.0. The first-order chi connectivity index (χ1) is 30.2. The van der Waals surface area contributed by atoms with Gasteiger partial charge in [-0.05, 0) is 64.6 Å². The fourth-order valence-corrected chi connectivity index (χ4v) is 7.77. The van der Waals surface area contributed by atoms with Gasteiger partial charge < -0.3 is 4.57 Å². The van der Waals surface area contributed by atoms with Crippen LogP contribution in [0.5, 0.6) is 0 Å². The molecule has 0 N–H and O–H groups in total. The first-order valence-electron chi connectivity index (χ1n) is 21.4. The van der Waals surface area contributed by atoms with E-state index in [-0.39, 0.29) is 47.7 Å². The Morgan fingerprint density at radius 3 is 1.27 bits per heavy atom. The highest BCUT2D eigenvalue weighted by atomic mass is 15.2. The zero-order valence-corrected chi connectivity index (χ0v) is 29.8. The molecule has 3 heterocycles. The van der Waals surface area contributed by atoms with Gasteiger partial charge in [-0.2, -0.15) is 9.97 Å². The van der Waals surface area contributed by atoms with Crippen LogP contribution in [0.15, 0.2) is 200 Å². The summed E-state index contributed by atoms with van der Waals surface area (Å²) in [4.78, 5) is 14.9. The minimum atomic E-state index is -0.151. The zero-order chi connectivity index (χ0) is 42.2. The number of para-hydroxylation sites is 2. The molecule has 0 aliphatic carbocycles. The molecule has 5 nitrogen and oxygen atoms in total. The summed E-state index contributed by atoms with van der Waals surface area (Å²) in [5.74, 6) is 0.910. The molecule has 0 bridgehead atoms. The number of rotatable bonds is 6. The van der Waals surface area contributed by atoms with Gasteiger partial charge in [-0.25, -0.2) is 4.98 Å². The van der Waals surface area contributed by atoms with Gasteiger partial charge in [0, 0.05) is 38.4 Å². The molecule has 0 aliphatic heterocycles. The van der Waals surface area contributed by atoms with E-state index in [1.807, 2.05) is 138 Å². The van der Waals surface area contributed by atoms with Crippen LogP contribution in [-0.4, -0.2) is 24.1 Å². The van der Waals surface area contributed by atoms with E-state index in [0.29, 0.717) is 55.4 Å². The van der Waals surface area contributed by atoms with E-state index < -0.39 is 0 Å². The molecular formula is C51H33N5. The normalized spacial score (nSPS) is 13.1. The van der Waals surface area contributed by atoms with Gasteiger partial charge in [0.15, 0.2) is 11.6 Å². The highest BCUT2D eigenvalue weighted by molar-refractivity contribution is 6.28. The van der Waals surface area contributed by atoms with Crippen LogP contribution in [0.4, 0.5) is 0 Å². The third-order valence-corrected chi connectivity index (χ3v) is 10.3. The highest BCUT2D eigenvalue weighted by Gasteiger charge is 2.23. The maximum atomic E-state index is 9.97. The lowest BCUT2D eigenvalue weighted by molar-refractivity contribution is 0.953. The molecule has 0 saturated carbocycles. The summed E-state index contributed by atoms with van der Waals surface area (Å²) >= 11 is 0. The van der Waals surface area contributed by atoms with Crippen molar-refractivity contribution in [3.8, 4) is 56.7 Å². The third-order valence-electron chi connectivity index (χ3n) is 10.3. The van der Waals surface area contributed by atoms with Gasteiger partial charge in [0.05, 0.1) is 30.3 Å².